The first kappa shape index (κ1) is 20.6. The zero-order valence-corrected chi connectivity index (χ0v) is 15.3. The molecule has 1 heterocycles. The van der Waals surface area contributed by atoms with Crippen molar-refractivity contribution in [1.29, 1.82) is 0 Å². The van der Waals surface area contributed by atoms with E-state index in [4.69, 9.17) is 9.47 Å². The van der Waals surface area contributed by atoms with E-state index < -0.39 is 6.10 Å². The maximum absolute atomic E-state index is 11.4. The third kappa shape index (κ3) is 5.92. The molecule has 1 atom stereocenters. The molecule has 1 unspecified atom stereocenters. The van der Waals surface area contributed by atoms with Crippen LogP contribution in [0.3, 0.4) is 0 Å². The fourth-order valence-corrected chi connectivity index (χ4v) is 2.45. The molecule has 0 fully saturated rings. The topological polar surface area (TPSA) is 120 Å². The molecule has 0 aliphatic heterocycles. The van der Waals surface area contributed by atoms with E-state index in [2.05, 4.69) is 15.3 Å². The van der Waals surface area contributed by atoms with E-state index in [1.165, 1.54) is 0 Å². The van der Waals surface area contributed by atoms with Gasteiger partial charge in [-0.3, -0.25) is 0 Å². The number of fused-ring (bicyclic) bond motifs is 1. The number of benzene rings is 2. The summed E-state index contributed by atoms with van der Waals surface area (Å²) in [5.41, 5.74) is 0.943. The van der Waals surface area contributed by atoms with E-state index in [-0.39, 0.29) is 30.5 Å². The van der Waals surface area contributed by atoms with Gasteiger partial charge >= 0.3 is 5.69 Å². The van der Waals surface area contributed by atoms with Gasteiger partial charge in [0.25, 0.3) is 0 Å². The number of aromatic nitrogens is 2. The molecule has 0 saturated carbocycles. The number of aromatic amines is 2. The number of ether oxygens (including phenoxy) is 2. The van der Waals surface area contributed by atoms with Gasteiger partial charge in [0, 0.05) is 13.1 Å². The van der Waals surface area contributed by atoms with Crippen LogP contribution in [0.2, 0.25) is 0 Å². The number of halogens is 1. The number of aliphatic hydroxyl groups excluding tert-OH is 1. The van der Waals surface area contributed by atoms with Crippen molar-refractivity contribution in [2.45, 2.75) is 6.10 Å². The Kier molecular flexibility index (Phi) is 7.54. The van der Waals surface area contributed by atoms with Crippen LogP contribution in [0.15, 0.2) is 47.3 Å². The molecule has 27 heavy (non-hydrogen) atoms. The summed E-state index contributed by atoms with van der Waals surface area (Å²) in [7, 11) is 0. The highest BCUT2D eigenvalue weighted by Gasteiger charge is 2.09. The van der Waals surface area contributed by atoms with E-state index >= 15 is 0 Å². The smallest absolute Gasteiger partial charge is 0.323 e. The summed E-state index contributed by atoms with van der Waals surface area (Å²) in [4.78, 5) is 16.7. The minimum absolute atomic E-state index is 0. The molecule has 1 aromatic heterocycles. The molecule has 146 valence electrons. The van der Waals surface area contributed by atoms with Crippen molar-refractivity contribution in [1.82, 2.24) is 15.3 Å². The summed E-state index contributed by atoms with van der Waals surface area (Å²) in [6.07, 6.45) is -0.704. The summed E-state index contributed by atoms with van der Waals surface area (Å²) in [5.74, 6) is 1.37. The van der Waals surface area contributed by atoms with Gasteiger partial charge in [0.15, 0.2) is 0 Å². The van der Waals surface area contributed by atoms with Gasteiger partial charge in [-0.05, 0) is 36.4 Å². The maximum Gasteiger partial charge on any atom is 0.323 e. The first-order chi connectivity index (χ1) is 12.6. The van der Waals surface area contributed by atoms with Crippen LogP contribution in [-0.2, 0) is 0 Å². The van der Waals surface area contributed by atoms with Gasteiger partial charge in [0.1, 0.15) is 42.1 Å². The minimum Gasteiger partial charge on any atom is -0.508 e. The highest BCUT2D eigenvalue weighted by molar-refractivity contribution is 5.85. The van der Waals surface area contributed by atoms with Gasteiger partial charge < -0.3 is 35.0 Å². The van der Waals surface area contributed by atoms with Crippen molar-refractivity contribution in [3.8, 4) is 17.2 Å². The molecule has 0 spiro atoms. The third-order valence-corrected chi connectivity index (χ3v) is 3.71. The van der Waals surface area contributed by atoms with Crippen molar-refractivity contribution in [2.75, 3.05) is 26.3 Å². The van der Waals surface area contributed by atoms with E-state index in [1.807, 2.05) is 0 Å². The standard InChI is InChI=1S/C18H21N3O5.ClH/c22-12-4-6-14(7-5-12)25-9-8-19-10-13(23)11-26-16-3-1-2-15-17(16)21-18(24)20-15;/h1-7,13,19,22-23H,8-11H2,(H2,20,21,24);1H. The Morgan fingerprint density at radius 3 is 2.63 bits per heavy atom. The van der Waals surface area contributed by atoms with Gasteiger partial charge in [0.2, 0.25) is 0 Å². The molecule has 0 bridgehead atoms. The minimum atomic E-state index is -0.704. The molecular weight excluding hydrogens is 374 g/mol. The Hall–Kier alpha value is -2.68. The predicted molar refractivity (Wildman–Crippen MR) is 104 cm³/mol. The molecule has 3 rings (SSSR count). The second-order valence-electron chi connectivity index (χ2n) is 5.77. The average Bonchev–Trinajstić information content (AvgIpc) is 3.02. The second kappa shape index (κ2) is 9.86. The highest BCUT2D eigenvalue weighted by atomic mass is 35.5. The van der Waals surface area contributed by atoms with Crippen molar-refractivity contribution in [3.05, 3.63) is 52.9 Å². The van der Waals surface area contributed by atoms with Crippen molar-refractivity contribution in [3.63, 3.8) is 0 Å². The average molecular weight is 396 g/mol. The summed E-state index contributed by atoms with van der Waals surface area (Å²) >= 11 is 0. The lowest BCUT2D eigenvalue weighted by Crippen LogP contribution is -2.33. The van der Waals surface area contributed by atoms with Gasteiger partial charge in [0.05, 0.1) is 5.52 Å². The number of hydrogen-bond donors (Lipinski definition) is 5. The number of aliphatic hydroxyl groups is 1. The summed E-state index contributed by atoms with van der Waals surface area (Å²) in [6, 6.07) is 11.8. The number of nitrogens with one attached hydrogen (secondary N) is 3. The molecule has 3 aromatic rings. The fraction of sp³-hybridized carbons (Fsp3) is 0.278. The number of H-pyrrole nitrogens is 2. The molecule has 2 aromatic carbocycles. The third-order valence-electron chi connectivity index (χ3n) is 3.71. The molecule has 0 aliphatic rings. The second-order valence-corrected chi connectivity index (χ2v) is 5.77. The van der Waals surface area contributed by atoms with Gasteiger partial charge in [-0.1, -0.05) is 6.07 Å². The normalized spacial score (nSPS) is 11.7. The fourth-order valence-electron chi connectivity index (χ4n) is 2.45. The van der Waals surface area contributed by atoms with Gasteiger partial charge in [-0.25, -0.2) is 4.79 Å². The van der Waals surface area contributed by atoms with Crippen molar-refractivity contribution in [2.24, 2.45) is 0 Å². The van der Waals surface area contributed by atoms with E-state index in [0.29, 0.717) is 42.2 Å². The van der Waals surface area contributed by atoms with Gasteiger partial charge in [-0.15, -0.1) is 12.4 Å². The Morgan fingerprint density at radius 2 is 1.85 bits per heavy atom. The SMILES string of the molecule is Cl.O=c1[nH]c2cccc(OCC(O)CNCCOc3ccc(O)cc3)c2[nH]1. The van der Waals surface area contributed by atoms with Crippen molar-refractivity contribution < 1.29 is 19.7 Å². The lowest BCUT2D eigenvalue weighted by molar-refractivity contribution is 0.106. The Bertz CT molecular complexity index is 894. The van der Waals surface area contributed by atoms with E-state index in [0.717, 1.165) is 0 Å². The first-order valence-corrected chi connectivity index (χ1v) is 8.26. The van der Waals surface area contributed by atoms with E-state index in [1.54, 1.807) is 42.5 Å². The van der Waals surface area contributed by atoms with Crippen LogP contribution in [0.5, 0.6) is 17.2 Å². The number of phenolic OH excluding ortho intramolecular Hbond substituents is 1. The molecule has 0 amide bonds. The maximum atomic E-state index is 11.4. The number of rotatable bonds is 9. The van der Waals surface area contributed by atoms with Crippen LogP contribution in [0.4, 0.5) is 0 Å². The van der Waals surface area contributed by atoms with Crippen molar-refractivity contribution >= 4 is 23.4 Å². The van der Waals surface area contributed by atoms with Crippen LogP contribution in [0, 0.1) is 0 Å². The molecule has 0 radical (unpaired) electrons. The predicted octanol–water partition coefficient (Wildman–Crippen LogP) is 1.39. The summed E-state index contributed by atoms with van der Waals surface area (Å²) in [5, 5.41) is 22.3. The number of hydrogen-bond acceptors (Lipinski definition) is 6. The summed E-state index contributed by atoms with van der Waals surface area (Å²) < 4.78 is 11.1. The number of para-hydroxylation sites is 1. The van der Waals surface area contributed by atoms with Crippen LogP contribution < -0.4 is 20.5 Å². The molecule has 0 aliphatic carbocycles. The van der Waals surface area contributed by atoms with Gasteiger partial charge in [-0.2, -0.15) is 0 Å². The van der Waals surface area contributed by atoms with Crippen LogP contribution in [0.25, 0.3) is 11.0 Å². The monoisotopic (exact) mass is 395 g/mol. The Morgan fingerprint density at radius 1 is 1.07 bits per heavy atom. The Balaban J connectivity index is 0.00000261. The van der Waals surface area contributed by atoms with Crippen LogP contribution in [0.1, 0.15) is 0 Å². The molecule has 0 saturated heterocycles. The summed E-state index contributed by atoms with van der Waals surface area (Å²) in [6.45, 7) is 1.43. The Labute approximate surface area is 161 Å². The first-order valence-electron chi connectivity index (χ1n) is 8.26. The molecule has 5 N–H and O–H groups in total. The van der Waals surface area contributed by atoms with E-state index in [9.17, 15) is 15.0 Å². The zero-order valence-electron chi connectivity index (χ0n) is 14.5. The number of imidazole rings is 1. The largest absolute Gasteiger partial charge is 0.508 e. The lowest BCUT2D eigenvalue weighted by Gasteiger charge is -2.14. The quantitative estimate of drug-likeness (QED) is 0.349. The molecular formula is C18H22ClN3O5. The number of phenols is 1. The van der Waals surface area contributed by atoms with Crippen LogP contribution >= 0.6 is 12.4 Å². The number of aromatic hydroxyl groups is 1. The molecule has 8 nitrogen and oxygen atoms in total. The lowest BCUT2D eigenvalue weighted by atomic mass is 10.3. The zero-order chi connectivity index (χ0) is 18.4. The highest BCUT2D eigenvalue weighted by Crippen LogP contribution is 2.21. The molecule has 9 heteroatoms. The van der Waals surface area contributed by atoms with Crippen LogP contribution in [-0.4, -0.2) is 52.6 Å².